The fourth-order valence-corrected chi connectivity index (χ4v) is 5.24. The van der Waals surface area contributed by atoms with Gasteiger partial charge in [-0.2, -0.15) is 0 Å². The van der Waals surface area contributed by atoms with E-state index in [1.807, 2.05) is 30.3 Å². The lowest BCUT2D eigenvalue weighted by Crippen LogP contribution is -2.33. The molecule has 6 nitrogen and oxygen atoms in total. The molecule has 0 aliphatic carbocycles. The fourth-order valence-electron chi connectivity index (χ4n) is 3.44. The number of carbonyl (C=O) groups excluding carboxylic acids is 1. The third-order valence-electron chi connectivity index (χ3n) is 4.87. The number of rotatable bonds is 2. The number of nitrogens with zero attached hydrogens (tertiary/aromatic N) is 2. The summed E-state index contributed by atoms with van der Waals surface area (Å²) in [6.07, 6.45) is 1.99. The van der Waals surface area contributed by atoms with Crippen LogP contribution < -0.4 is 0 Å². The highest BCUT2D eigenvalue weighted by Crippen LogP contribution is 2.29. The molecule has 4 rings (SSSR count). The van der Waals surface area contributed by atoms with Crippen molar-refractivity contribution in [1.82, 2.24) is 14.9 Å². The summed E-state index contributed by atoms with van der Waals surface area (Å²) >= 11 is 0. The van der Waals surface area contributed by atoms with E-state index in [4.69, 9.17) is 0 Å². The van der Waals surface area contributed by atoms with Gasteiger partial charge in [0.25, 0.3) is 5.91 Å². The lowest BCUT2D eigenvalue weighted by molar-refractivity contribution is 0.0766. The topological polar surface area (TPSA) is 83.1 Å². The van der Waals surface area contributed by atoms with Crippen LogP contribution in [0.15, 0.2) is 54.9 Å². The van der Waals surface area contributed by atoms with Gasteiger partial charge < -0.3 is 9.88 Å². The molecule has 1 aliphatic rings. The van der Waals surface area contributed by atoms with E-state index in [1.165, 1.54) is 0 Å². The molecule has 134 valence electrons. The third-order valence-corrected chi connectivity index (χ3v) is 6.99. The largest absolute Gasteiger partial charge is 0.345 e. The van der Waals surface area contributed by atoms with Crippen molar-refractivity contribution in [3.8, 4) is 0 Å². The monoisotopic (exact) mass is 369 g/mol. The lowest BCUT2D eigenvalue weighted by Gasteiger charge is -2.20. The molecule has 1 amide bonds. The van der Waals surface area contributed by atoms with Crippen LogP contribution in [-0.4, -0.2) is 48.0 Å². The van der Waals surface area contributed by atoms with Crippen molar-refractivity contribution < 1.29 is 13.2 Å². The Morgan fingerprint density at radius 2 is 1.92 bits per heavy atom. The maximum absolute atomic E-state index is 12.9. The molecule has 7 heteroatoms. The maximum Gasteiger partial charge on any atom is 0.253 e. The van der Waals surface area contributed by atoms with Gasteiger partial charge in [-0.15, -0.1) is 0 Å². The standard InChI is InChI=1S/C19H19N3O3S/c23-19(15-6-7-16-17(12-15)21-13-20-16)22-9-8-18(26(24,25)11-10-22)14-4-2-1-3-5-14/h1-7,12-13,18H,8-11H2,(H,20,21). The van der Waals surface area contributed by atoms with E-state index in [1.54, 1.807) is 29.4 Å². The Balaban J connectivity index is 1.58. The fraction of sp³-hybridized carbons (Fsp3) is 0.263. The van der Waals surface area contributed by atoms with Gasteiger partial charge in [0.1, 0.15) is 0 Å². The first-order valence-electron chi connectivity index (χ1n) is 8.53. The second kappa shape index (κ2) is 6.57. The number of fused-ring (bicyclic) bond motifs is 1. The molecule has 26 heavy (non-hydrogen) atoms. The second-order valence-corrected chi connectivity index (χ2v) is 8.78. The molecule has 1 aromatic heterocycles. The van der Waals surface area contributed by atoms with Crippen LogP contribution in [0.25, 0.3) is 11.0 Å². The van der Waals surface area contributed by atoms with Gasteiger partial charge in [-0.3, -0.25) is 4.79 Å². The van der Waals surface area contributed by atoms with Gasteiger partial charge in [-0.1, -0.05) is 30.3 Å². The first-order valence-corrected chi connectivity index (χ1v) is 10.2. The highest BCUT2D eigenvalue weighted by molar-refractivity contribution is 7.91. The van der Waals surface area contributed by atoms with Gasteiger partial charge in [0.15, 0.2) is 9.84 Å². The first kappa shape index (κ1) is 16.8. The predicted molar refractivity (Wildman–Crippen MR) is 99.6 cm³/mol. The zero-order valence-corrected chi connectivity index (χ0v) is 14.9. The zero-order chi connectivity index (χ0) is 18.1. The summed E-state index contributed by atoms with van der Waals surface area (Å²) in [5.74, 6) is -0.171. The van der Waals surface area contributed by atoms with E-state index in [-0.39, 0.29) is 18.2 Å². The summed E-state index contributed by atoms with van der Waals surface area (Å²) in [4.78, 5) is 21.6. The summed E-state index contributed by atoms with van der Waals surface area (Å²) in [5, 5.41) is -0.559. The van der Waals surface area contributed by atoms with E-state index < -0.39 is 15.1 Å². The summed E-state index contributed by atoms with van der Waals surface area (Å²) in [6.45, 7) is 0.629. The minimum absolute atomic E-state index is 0.0232. The number of carbonyl (C=O) groups is 1. The highest BCUT2D eigenvalue weighted by Gasteiger charge is 2.32. The van der Waals surface area contributed by atoms with Crippen LogP contribution in [0.4, 0.5) is 0 Å². The molecule has 2 heterocycles. The Morgan fingerprint density at radius 1 is 1.12 bits per heavy atom. The average molecular weight is 369 g/mol. The van der Waals surface area contributed by atoms with E-state index in [0.29, 0.717) is 18.5 Å². The molecule has 0 saturated carbocycles. The maximum atomic E-state index is 12.9. The van der Waals surface area contributed by atoms with Gasteiger partial charge in [0.2, 0.25) is 0 Å². The smallest absolute Gasteiger partial charge is 0.253 e. The number of hydrogen-bond acceptors (Lipinski definition) is 4. The number of aromatic nitrogens is 2. The summed E-state index contributed by atoms with van der Waals surface area (Å²) in [5.41, 5.74) is 2.92. The number of amides is 1. The quantitative estimate of drug-likeness (QED) is 0.752. The minimum Gasteiger partial charge on any atom is -0.345 e. The highest BCUT2D eigenvalue weighted by atomic mass is 32.2. The van der Waals surface area contributed by atoms with Gasteiger partial charge >= 0.3 is 0 Å². The predicted octanol–water partition coefficient (Wildman–Crippen LogP) is 2.56. The molecule has 0 radical (unpaired) electrons. The molecule has 0 bridgehead atoms. The van der Waals surface area contributed by atoms with Crippen molar-refractivity contribution in [2.75, 3.05) is 18.8 Å². The minimum atomic E-state index is -3.30. The van der Waals surface area contributed by atoms with Crippen molar-refractivity contribution in [1.29, 1.82) is 0 Å². The molecular formula is C19H19N3O3S. The van der Waals surface area contributed by atoms with Crippen molar-refractivity contribution >= 4 is 26.8 Å². The Kier molecular flexibility index (Phi) is 4.24. The average Bonchev–Trinajstić information content (AvgIpc) is 3.05. The van der Waals surface area contributed by atoms with Crippen LogP contribution >= 0.6 is 0 Å². The van der Waals surface area contributed by atoms with Gasteiger partial charge in [0.05, 0.1) is 28.4 Å². The molecule has 1 fully saturated rings. The number of sulfone groups is 1. The molecule has 1 N–H and O–H groups in total. The Bertz CT molecular complexity index is 1040. The summed E-state index contributed by atoms with van der Waals surface area (Å²) in [6, 6.07) is 14.5. The second-order valence-electron chi connectivity index (χ2n) is 6.48. The molecule has 2 aromatic carbocycles. The van der Waals surface area contributed by atoms with Gasteiger partial charge in [0, 0.05) is 18.7 Å². The molecular weight excluding hydrogens is 350 g/mol. The van der Waals surface area contributed by atoms with E-state index >= 15 is 0 Å². The Hall–Kier alpha value is -2.67. The van der Waals surface area contributed by atoms with Crippen molar-refractivity contribution in [2.45, 2.75) is 11.7 Å². The summed E-state index contributed by atoms with van der Waals surface area (Å²) in [7, 11) is -3.30. The van der Waals surface area contributed by atoms with Crippen molar-refractivity contribution in [3.63, 3.8) is 0 Å². The van der Waals surface area contributed by atoms with Crippen LogP contribution in [0, 0.1) is 0 Å². The molecule has 0 spiro atoms. The number of hydrogen-bond donors (Lipinski definition) is 1. The zero-order valence-electron chi connectivity index (χ0n) is 14.1. The van der Waals surface area contributed by atoms with E-state index in [0.717, 1.165) is 16.6 Å². The van der Waals surface area contributed by atoms with Crippen LogP contribution in [0.3, 0.4) is 0 Å². The molecule has 1 unspecified atom stereocenters. The third kappa shape index (κ3) is 3.10. The number of benzene rings is 2. The number of imidazole rings is 1. The summed E-state index contributed by atoms with van der Waals surface area (Å²) < 4.78 is 25.4. The number of H-pyrrole nitrogens is 1. The Morgan fingerprint density at radius 3 is 2.73 bits per heavy atom. The molecule has 3 aromatic rings. The lowest BCUT2D eigenvalue weighted by atomic mass is 10.1. The normalized spacial score (nSPS) is 20.0. The first-order chi connectivity index (χ1) is 12.5. The van der Waals surface area contributed by atoms with Crippen LogP contribution in [0.2, 0.25) is 0 Å². The Labute approximate surface area is 151 Å². The van der Waals surface area contributed by atoms with Crippen LogP contribution in [0.5, 0.6) is 0 Å². The van der Waals surface area contributed by atoms with Crippen LogP contribution in [0.1, 0.15) is 27.6 Å². The number of nitrogens with one attached hydrogen (secondary N) is 1. The van der Waals surface area contributed by atoms with Crippen molar-refractivity contribution in [3.05, 3.63) is 66.0 Å². The SMILES string of the molecule is O=C(c1ccc2nc[nH]c2c1)N1CCC(c2ccccc2)S(=O)(=O)CC1. The molecule has 1 aliphatic heterocycles. The van der Waals surface area contributed by atoms with E-state index in [9.17, 15) is 13.2 Å². The van der Waals surface area contributed by atoms with Gasteiger partial charge in [-0.05, 0) is 30.2 Å². The molecule has 1 saturated heterocycles. The molecule has 1 atom stereocenters. The van der Waals surface area contributed by atoms with Crippen molar-refractivity contribution in [2.24, 2.45) is 0 Å². The van der Waals surface area contributed by atoms with Crippen LogP contribution in [-0.2, 0) is 9.84 Å². The number of aromatic amines is 1. The van der Waals surface area contributed by atoms with E-state index in [2.05, 4.69) is 9.97 Å². The van der Waals surface area contributed by atoms with Gasteiger partial charge in [-0.25, -0.2) is 13.4 Å².